The van der Waals surface area contributed by atoms with Crippen molar-refractivity contribution in [2.24, 2.45) is 7.05 Å². The molecule has 2 heterocycles. The largest absolute Gasteiger partial charge is 0.394 e. The van der Waals surface area contributed by atoms with Gasteiger partial charge in [0.25, 0.3) is 5.91 Å². The molecular formula is C17H20FN3O4. The van der Waals surface area contributed by atoms with Crippen LogP contribution in [0.5, 0.6) is 0 Å². The summed E-state index contributed by atoms with van der Waals surface area (Å²) in [5.74, 6) is -1.14. The fraction of sp³-hybridized carbons (Fsp3) is 0.412. The van der Waals surface area contributed by atoms with Crippen molar-refractivity contribution in [2.75, 3.05) is 13.2 Å². The fourth-order valence-corrected chi connectivity index (χ4v) is 3.04. The lowest BCUT2D eigenvalue weighted by Crippen LogP contribution is -2.27. The number of aryl methyl sites for hydroxylation is 1. The Bertz CT molecular complexity index is 807. The number of benzene rings is 1. The number of carbonyl (C=O) groups is 1. The standard InChI is InChI=1S/C17H20FN3O4/c1-3-17(24,13-8-21(2)9-19-13)10-6-11-14(12(18)7-10)16(20-15(11)23)25-5-4-22/h6-9,16,22,24H,3-5H2,1-2H3,(H,20,23). The van der Waals surface area contributed by atoms with Crippen LogP contribution in [0.15, 0.2) is 24.7 Å². The van der Waals surface area contributed by atoms with Gasteiger partial charge in [-0.25, -0.2) is 9.37 Å². The average Bonchev–Trinajstić information content (AvgIpc) is 3.16. The van der Waals surface area contributed by atoms with Gasteiger partial charge in [-0.15, -0.1) is 0 Å². The van der Waals surface area contributed by atoms with E-state index >= 15 is 0 Å². The zero-order valence-electron chi connectivity index (χ0n) is 14.0. The van der Waals surface area contributed by atoms with E-state index in [0.29, 0.717) is 5.69 Å². The predicted octanol–water partition coefficient (Wildman–Crippen LogP) is 0.956. The van der Waals surface area contributed by atoms with Gasteiger partial charge in [-0.1, -0.05) is 6.92 Å². The van der Waals surface area contributed by atoms with Gasteiger partial charge in [0, 0.05) is 18.8 Å². The summed E-state index contributed by atoms with van der Waals surface area (Å²) < 4.78 is 21.7. The molecule has 8 heteroatoms. The summed E-state index contributed by atoms with van der Waals surface area (Å²) in [6.07, 6.45) is 2.51. The van der Waals surface area contributed by atoms with Crippen LogP contribution < -0.4 is 5.32 Å². The van der Waals surface area contributed by atoms with E-state index in [1.165, 1.54) is 12.1 Å². The number of nitrogens with zero attached hydrogens (tertiary/aromatic N) is 2. The lowest BCUT2D eigenvalue weighted by atomic mass is 9.86. The highest BCUT2D eigenvalue weighted by molar-refractivity contribution is 5.99. The summed E-state index contributed by atoms with van der Waals surface area (Å²) in [6.45, 7) is 1.49. The Balaban J connectivity index is 2.06. The number of nitrogens with one attached hydrogen (secondary N) is 1. The monoisotopic (exact) mass is 349 g/mol. The molecule has 0 saturated carbocycles. The summed E-state index contributed by atoms with van der Waals surface area (Å²) in [5.41, 5.74) is -0.685. The molecule has 0 aliphatic carbocycles. The molecular weight excluding hydrogens is 329 g/mol. The first-order valence-corrected chi connectivity index (χ1v) is 7.98. The first-order chi connectivity index (χ1) is 11.9. The highest BCUT2D eigenvalue weighted by Crippen LogP contribution is 2.37. The van der Waals surface area contributed by atoms with Crippen molar-refractivity contribution in [1.82, 2.24) is 14.9 Å². The topological polar surface area (TPSA) is 96.6 Å². The number of imidazole rings is 1. The maximum absolute atomic E-state index is 14.7. The first kappa shape index (κ1) is 17.5. The van der Waals surface area contributed by atoms with Crippen molar-refractivity contribution in [3.05, 3.63) is 52.9 Å². The number of fused-ring (bicyclic) bond motifs is 1. The normalized spacial score (nSPS) is 18.8. The summed E-state index contributed by atoms with van der Waals surface area (Å²) in [5, 5.41) is 22.5. The number of hydrogen-bond donors (Lipinski definition) is 3. The Labute approximate surface area is 144 Å². The Morgan fingerprint density at radius 1 is 1.48 bits per heavy atom. The maximum Gasteiger partial charge on any atom is 0.254 e. The van der Waals surface area contributed by atoms with Crippen molar-refractivity contribution < 1.29 is 24.1 Å². The highest BCUT2D eigenvalue weighted by atomic mass is 19.1. The Hall–Kier alpha value is -2.29. The minimum Gasteiger partial charge on any atom is -0.394 e. The third kappa shape index (κ3) is 2.92. The minimum absolute atomic E-state index is 0.0294. The van der Waals surface area contributed by atoms with Crippen LogP contribution in [0.4, 0.5) is 4.39 Å². The molecule has 2 atom stereocenters. The van der Waals surface area contributed by atoms with Gasteiger partial charge in [-0.3, -0.25) is 4.79 Å². The van der Waals surface area contributed by atoms with E-state index in [1.54, 1.807) is 31.1 Å². The molecule has 25 heavy (non-hydrogen) atoms. The van der Waals surface area contributed by atoms with Crippen molar-refractivity contribution in [3.63, 3.8) is 0 Å². The third-order valence-corrected chi connectivity index (χ3v) is 4.39. The van der Waals surface area contributed by atoms with Crippen LogP contribution >= 0.6 is 0 Å². The molecule has 1 aliphatic heterocycles. The van der Waals surface area contributed by atoms with E-state index in [9.17, 15) is 14.3 Å². The molecule has 1 aromatic carbocycles. The number of aliphatic hydroxyl groups excluding tert-OH is 1. The molecule has 3 N–H and O–H groups in total. The average molecular weight is 349 g/mol. The Kier molecular flexibility index (Phi) is 4.59. The van der Waals surface area contributed by atoms with Crippen LogP contribution in [0.3, 0.4) is 0 Å². The van der Waals surface area contributed by atoms with Gasteiger partial charge in [0.05, 0.1) is 30.8 Å². The quantitative estimate of drug-likeness (QED) is 0.722. The van der Waals surface area contributed by atoms with Crippen molar-refractivity contribution >= 4 is 5.91 Å². The second kappa shape index (κ2) is 6.55. The molecule has 3 rings (SSSR count). The lowest BCUT2D eigenvalue weighted by molar-refractivity contribution is 0.0132. The van der Waals surface area contributed by atoms with E-state index in [1.807, 2.05) is 0 Å². The number of rotatable bonds is 6. The van der Waals surface area contributed by atoms with Crippen molar-refractivity contribution in [3.8, 4) is 0 Å². The van der Waals surface area contributed by atoms with Crippen molar-refractivity contribution in [2.45, 2.75) is 25.2 Å². The van der Waals surface area contributed by atoms with E-state index in [2.05, 4.69) is 10.3 Å². The molecule has 1 aliphatic rings. The fourth-order valence-electron chi connectivity index (χ4n) is 3.04. The molecule has 0 saturated heterocycles. The summed E-state index contributed by atoms with van der Waals surface area (Å²) in [7, 11) is 1.77. The molecule has 7 nitrogen and oxygen atoms in total. The second-order valence-corrected chi connectivity index (χ2v) is 6.01. The molecule has 1 amide bonds. The maximum atomic E-state index is 14.7. The number of aromatic nitrogens is 2. The van der Waals surface area contributed by atoms with Crippen LogP contribution in [0.1, 0.15) is 46.8 Å². The van der Waals surface area contributed by atoms with Crippen LogP contribution in [0, 0.1) is 5.82 Å². The van der Waals surface area contributed by atoms with Crippen LogP contribution in [-0.2, 0) is 17.4 Å². The van der Waals surface area contributed by atoms with E-state index < -0.39 is 23.6 Å². The minimum atomic E-state index is -1.51. The zero-order valence-corrected chi connectivity index (χ0v) is 14.0. The van der Waals surface area contributed by atoms with E-state index in [4.69, 9.17) is 9.84 Å². The number of halogens is 1. The van der Waals surface area contributed by atoms with Gasteiger partial charge in [-0.2, -0.15) is 0 Å². The van der Waals surface area contributed by atoms with Crippen molar-refractivity contribution in [1.29, 1.82) is 0 Å². The van der Waals surface area contributed by atoms with Gasteiger partial charge in [0.15, 0.2) is 6.23 Å². The number of amides is 1. The lowest BCUT2D eigenvalue weighted by Gasteiger charge is -2.26. The molecule has 0 spiro atoms. The molecule has 2 unspecified atom stereocenters. The summed E-state index contributed by atoms with van der Waals surface area (Å²) >= 11 is 0. The zero-order chi connectivity index (χ0) is 18.2. The molecule has 1 aromatic heterocycles. The number of aliphatic hydroxyl groups is 2. The Morgan fingerprint density at radius 2 is 2.24 bits per heavy atom. The summed E-state index contributed by atoms with van der Waals surface area (Å²) in [4.78, 5) is 16.3. The van der Waals surface area contributed by atoms with Crippen LogP contribution in [0.25, 0.3) is 0 Å². The highest BCUT2D eigenvalue weighted by Gasteiger charge is 2.38. The smallest absolute Gasteiger partial charge is 0.254 e. The first-order valence-electron chi connectivity index (χ1n) is 7.98. The number of carbonyl (C=O) groups excluding carboxylic acids is 1. The van der Waals surface area contributed by atoms with E-state index in [-0.39, 0.29) is 36.3 Å². The van der Waals surface area contributed by atoms with Crippen LogP contribution in [-0.4, -0.2) is 38.9 Å². The molecule has 2 aromatic rings. The predicted molar refractivity (Wildman–Crippen MR) is 86.1 cm³/mol. The molecule has 0 radical (unpaired) electrons. The van der Waals surface area contributed by atoms with E-state index in [0.717, 1.165) is 0 Å². The Morgan fingerprint density at radius 3 is 2.84 bits per heavy atom. The van der Waals surface area contributed by atoms with Gasteiger partial charge in [-0.05, 0) is 24.1 Å². The van der Waals surface area contributed by atoms with Crippen LogP contribution in [0.2, 0.25) is 0 Å². The summed E-state index contributed by atoms with van der Waals surface area (Å²) in [6, 6.07) is 2.67. The third-order valence-electron chi connectivity index (χ3n) is 4.39. The second-order valence-electron chi connectivity index (χ2n) is 6.01. The molecule has 0 bridgehead atoms. The van der Waals surface area contributed by atoms with Gasteiger partial charge >= 0.3 is 0 Å². The SMILES string of the molecule is CCC(O)(c1cc(F)c2c(c1)C(=O)NC2OCCO)c1cn(C)cn1. The molecule has 0 fully saturated rings. The van der Waals surface area contributed by atoms with Gasteiger partial charge in [0.1, 0.15) is 11.4 Å². The van der Waals surface area contributed by atoms with Gasteiger partial charge < -0.3 is 24.8 Å². The van der Waals surface area contributed by atoms with Gasteiger partial charge in [0.2, 0.25) is 0 Å². The molecule has 134 valence electrons. The number of hydrogen-bond acceptors (Lipinski definition) is 5. The number of ether oxygens (including phenoxy) is 1.